The highest BCUT2D eigenvalue weighted by molar-refractivity contribution is 4.92. The number of rotatable bonds is 28. The van der Waals surface area contributed by atoms with Crippen LogP contribution in [0.3, 0.4) is 0 Å². The number of hydrogen-bond donors (Lipinski definition) is 0. The van der Waals surface area contributed by atoms with Gasteiger partial charge in [-0.2, -0.15) is 0 Å². The topological polar surface area (TPSA) is 21.7 Å². The minimum absolute atomic E-state index is 0.267. The summed E-state index contributed by atoms with van der Waals surface area (Å²) < 4.78 is 13.1. The third-order valence-corrected chi connectivity index (χ3v) is 8.15. The Labute approximate surface area is 251 Å². The average molecular weight is 560 g/mol. The largest absolute Gasteiger partial charge is 0.347 e. The van der Waals surface area contributed by atoms with Gasteiger partial charge in [0.25, 0.3) is 0 Å². The smallest absolute Gasteiger partial charge is 0.168 e. The maximum absolute atomic E-state index is 6.64. The molecule has 0 amide bonds. The molecule has 234 valence electrons. The lowest BCUT2D eigenvalue weighted by Crippen LogP contribution is -2.31. The minimum atomic E-state index is -0.308. The molecule has 0 radical (unpaired) electrons. The molecule has 0 aromatic carbocycles. The number of allylic oxidation sites excluding steroid dienone is 6. The van der Waals surface area contributed by atoms with Crippen LogP contribution in [0.15, 0.2) is 36.5 Å². The maximum atomic E-state index is 6.64. The van der Waals surface area contributed by atoms with E-state index < -0.39 is 0 Å². The van der Waals surface area contributed by atoms with Crippen molar-refractivity contribution in [2.45, 2.75) is 173 Å². The van der Waals surface area contributed by atoms with Gasteiger partial charge in [0.2, 0.25) is 0 Å². The Kier molecular flexibility index (Phi) is 25.0. The lowest BCUT2D eigenvalue weighted by atomic mass is 9.98. The molecule has 40 heavy (non-hydrogen) atoms. The van der Waals surface area contributed by atoms with Gasteiger partial charge in [0.1, 0.15) is 0 Å². The van der Waals surface area contributed by atoms with Crippen molar-refractivity contribution in [3.8, 4) is 0 Å². The first-order valence-corrected chi connectivity index (χ1v) is 17.5. The Bertz CT molecular complexity index is 626. The second-order valence-corrected chi connectivity index (χ2v) is 12.4. The Hall–Kier alpha value is -0.900. The number of ether oxygens (including phenoxy) is 2. The summed E-state index contributed by atoms with van der Waals surface area (Å²) in [6.45, 7) is 6.33. The molecular weight excluding hydrogens is 490 g/mol. The van der Waals surface area contributed by atoms with Gasteiger partial charge < -0.3 is 14.4 Å². The molecule has 1 heterocycles. The van der Waals surface area contributed by atoms with Gasteiger partial charge in [0.05, 0.1) is 12.7 Å². The first-order chi connectivity index (χ1) is 19.6. The second kappa shape index (κ2) is 27.0. The highest BCUT2D eigenvalue weighted by Gasteiger charge is 2.40. The van der Waals surface area contributed by atoms with Crippen LogP contribution in [0.2, 0.25) is 0 Å². The standard InChI is InChI=1S/C37H69NO2/c1-5-7-9-11-13-15-17-18-19-20-21-22-24-26-28-30-33-37(39-35-36(40-37)31-34-38(3)4)32-29-27-25-23-16-14-12-10-8-6-2/h8,10,13,15,18-19,36H,5-7,9,11-12,14,16-17,20-35H2,1-4H3/b10-8-,15-13-,19-18-. The zero-order valence-corrected chi connectivity index (χ0v) is 27.5. The van der Waals surface area contributed by atoms with Crippen LogP contribution in [0.5, 0.6) is 0 Å². The monoisotopic (exact) mass is 560 g/mol. The lowest BCUT2D eigenvalue weighted by Gasteiger charge is -2.29. The van der Waals surface area contributed by atoms with E-state index in [1.165, 1.54) is 116 Å². The molecule has 1 aliphatic heterocycles. The van der Waals surface area contributed by atoms with Gasteiger partial charge >= 0.3 is 0 Å². The van der Waals surface area contributed by atoms with Crippen LogP contribution >= 0.6 is 0 Å². The van der Waals surface area contributed by atoms with Crippen LogP contribution in [0.1, 0.15) is 162 Å². The quantitative estimate of drug-likeness (QED) is 0.0703. The van der Waals surface area contributed by atoms with Gasteiger partial charge in [-0.3, -0.25) is 0 Å². The summed E-state index contributed by atoms with van der Waals surface area (Å²) >= 11 is 0. The minimum Gasteiger partial charge on any atom is -0.347 e. The van der Waals surface area contributed by atoms with Crippen molar-refractivity contribution in [3.63, 3.8) is 0 Å². The van der Waals surface area contributed by atoms with E-state index in [2.05, 4.69) is 69.3 Å². The van der Waals surface area contributed by atoms with Crippen LogP contribution in [0.4, 0.5) is 0 Å². The second-order valence-electron chi connectivity index (χ2n) is 12.4. The lowest BCUT2D eigenvalue weighted by molar-refractivity contribution is -0.180. The summed E-state index contributed by atoms with van der Waals surface area (Å²) in [5, 5.41) is 0. The van der Waals surface area contributed by atoms with Gasteiger partial charge in [-0.15, -0.1) is 0 Å². The summed E-state index contributed by atoms with van der Waals surface area (Å²) in [4.78, 5) is 2.25. The summed E-state index contributed by atoms with van der Waals surface area (Å²) in [7, 11) is 4.29. The molecule has 2 atom stereocenters. The van der Waals surface area contributed by atoms with Gasteiger partial charge in [0.15, 0.2) is 5.79 Å². The first kappa shape index (κ1) is 37.1. The highest BCUT2D eigenvalue weighted by atomic mass is 16.7. The SMILES string of the molecule is CC/C=C\CCCCCCCCC1(CCCCCCCC/C=C\C/C=C\CCCCC)OCC(CCN(C)C)O1. The molecule has 0 aromatic heterocycles. The average Bonchev–Trinajstić information content (AvgIpc) is 3.36. The fourth-order valence-corrected chi connectivity index (χ4v) is 5.58. The summed E-state index contributed by atoms with van der Waals surface area (Å²) in [5.41, 5.74) is 0. The fraction of sp³-hybridized carbons (Fsp3) is 0.838. The molecule has 3 heteroatoms. The van der Waals surface area contributed by atoms with Crippen molar-refractivity contribution in [3.05, 3.63) is 36.5 Å². The number of nitrogens with zero attached hydrogens (tertiary/aromatic N) is 1. The molecule has 1 fully saturated rings. The third kappa shape index (κ3) is 21.8. The van der Waals surface area contributed by atoms with Gasteiger partial charge in [-0.25, -0.2) is 0 Å². The summed E-state index contributed by atoms with van der Waals surface area (Å²) in [6, 6.07) is 0. The molecule has 0 saturated carbocycles. The molecule has 0 spiro atoms. The van der Waals surface area contributed by atoms with Gasteiger partial charge in [0, 0.05) is 19.4 Å². The zero-order chi connectivity index (χ0) is 29.0. The maximum Gasteiger partial charge on any atom is 0.168 e. The predicted octanol–water partition coefficient (Wildman–Crippen LogP) is 11.3. The third-order valence-electron chi connectivity index (χ3n) is 8.15. The Balaban J connectivity index is 2.18. The van der Waals surface area contributed by atoms with E-state index >= 15 is 0 Å². The highest BCUT2D eigenvalue weighted by Crippen LogP contribution is 2.35. The predicted molar refractivity (Wildman–Crippen MR) is 177 cm³/mol. The van der Waals surface area contributed by atoms with Gasteiger partial charge in [-0.1, -0.05) is 115 Å². The molecule has 2 unspecified atom stereocenters. The normalized spacial score (nSPS) is 19.9. The van der Waals surface area contributed by atoms with Crippen molar-refractivity contribution < 1.29 is 9.47 Å². The Morgan fingerprint density at radius 1 is 0.625 bits per heavy atom. The van der Waals surface area contributed by atoms with Crippen molar-refractivity contribution in [2.24, 2.45) is 0 Å². The molecule has 1 aliphatic rings. The van der Waals surface area contributed by atoms with Crippen LogP contribution in [0.25, 0.3) is 0 Å². The van der Waals surface area contributed by atoms with Crippen molar-refractivity contribution in [1.29, 1.82) is 0 Å². The van der Waals surface area contributed by atoms with E-state index in [0.29, 0.717) is 0 Å². The van der Waals surface area contributed by atoms with E-state index in [4.69, 9.17) is 9.47 Å². The summed E-state index contributed by atoms with van der Waals surface area (Å²) in [6.07, 6.45) is 43.4. The summed E-state index contributed by atoms with van der Waals surface area (Å²) in [5.74, 6) is -0.308. The molecular formula is C37H69NO2. The van der Waals surface area contributed by atoms with Gasteiger partial charge in [-0.05, 0) is 84.7 Å². The molecule has 0 bridgehead atoms. The molecule has 3 nitrogen and oxygen atoms in total. The molecule has 1 rings (SSSR count). The van der Waals surface area contributed by atoms with E-state index in [9.17, 15) is 0 Å². The van der Waals surface area contributed by atoms with Crippen LogP contribution in [-0.2, 0) is 9.47 Å². The molecule has 0 aromatic rings. The first-order valence-electron chi connectivity index (χ1n) is 17.5. The molecule has 0 aliphatic carbocycles. The van der Waals surface area contributed by atoms with E-state index in [0.717, 1.165) is 45.3 Å². The van der Waals surface area contributed by atoms with E-state index in [1.807, 2.05) is 0 Å². The number of unbranched alkanes of at least 4 members (excludes halogenated alkanes) is 15. The van der Waals surface area contributed by atoms with Crippen LogP contribution < -0.4 is 0 Å². The Morgan fingerprint density at radius 2 is 1.12 bits per heavy atom. The van der Waals surface area contributed by atoms with Crippen molar-refractivity contribution in [1.82, 2.24) is 4.90 Å². The Morgan fingerprint density at radius 3 is 1.65 bits per heavy atom. The fourth-order valence-electron chi connectivity index (χ4n) is 5.58. The van der Waals surface area contributed by atoms with Crippen molar-refractivity contribution in [2.75, 3.05) is 27.2 Å². The van der Waals surface area contributed by atoms with Crippen molar-refractivity contribution >= 4 is 0 Å². The van der Waals surface area contributed by atoms with Crippen LogP contribution in [-0.4, -0.2) is 44.0 Å². The van der Waals surface area contributed by atoms with E-state index in [1.54, 1.807) is 0 Å². The van der Waals surface area contributed by atoms with E-state index in [-0.39, 0.29) is 11.9 Å². The zero-order valence-electron chi connectivity index (χ0n) is 27.5. The molecule has 0 N–H and O–H groups in total. The molecule has 1 saturated heterocycles. The number of hydrogen-bond acceptors (Lipinski definition) is 3. The van der Waals surface area contributed by atoms with Crippen LogP contribution in [0, 0.1) is 0 Å².